The molecule has 0 unspecified atom stereocenters. The molecule has 1 aromatic rings. The molecule has 0 bridgehead atoms. The lowest BCUT2D eigenvalue weighted by atomic mass is 10.3. The first-order chi connectivity index (χ1) is 7.26. The van der Waals surface area contributed by atoms with Crippen LogP contribution in [-0.4, -0.2) is 19.7 Å². The maximum absolute atomic E-state index is 11.2. The number of amides is 2. The van der Waals surface area contributed by atoms with Crippen LogP contribution < -0.4 is 15.4 Å². The van der Waals surface area contributed by atoms with Crippen LogP contribution in [0, 0.1) is 12.3 Å². The smallest absolute Gasteiger partial charge is 0.319 e. The van der Waals surface area contributed by atoms with E-state index in [4.69, 9.17) is 11.2 Å². The summed E-state index contributed by atoms with van der Waals surface area (Å²) in [5.41, 5.74) is 0.685. The van der Waals surface area contributed by atoms with E-state index in [9.17, 15) is 4.79 Å². The van der Waals surface area contributed by atoms with E-state index in [0.717, 1.165) is 5.75 Å². The monoisotopic (exact) mass is 204 g/mol. The summed E-state index contributed by atoms with van der Waals surface area (Å²) in [5.74, 6) is 3.05. The Morgan fingerprint density at radius 3 is 2.67 bits per heavy atom. The average Bonchev–Trinajstić information content (AvgIpc) is 2.27. The van der Waals surface area contributed by atoms with E-state index in [1.807, 2.05) is 0 Å². The van der Waals surface area contributed by atoms with Crippen molar-refractivity contribution in [1.29, 1.82) is 0 Å². The highest BCUT2D eigenvalue weighted by Gasteiger charge is 1.99. The molecular formula is C11H12N2O2. The Balaban J connectivity index is 2.50. The molecule has 2 amide bonds. The molecule has 4 heteroatoms. The predicted molar refractivity (Wildman–Crippen MR) is 58.8 cm³/mol. The number of hydrogen-bond donors (Lipinski definition) is 2. The molecule has 0 aliphatic rings. The van der Waals surface area contributed by atoms with Gasteiger partial charge in [0, 0.05) is 5.69 Å². The van der Waals surface area contributed by atoms with Gasteiger partial charge in [-0.2, -0.15) is 0 Å². The lowest BCUT2D eigenvalue weighted by molar-refractivity contribution is 0.253. The molecule has 1 aromatic carbocycles. The summed E-state index contributed by atoms with van der Waals surface area (Å²) >= 11 is 0. The first-order valence-corrected chi connectivity index (χ1v) is 4.38. The van der Waals surface area contributed by atoms with Crippen LogP contribution in [-0.2, 0) is 0 Å². The minimum absolute atomic E-state index is 0.210. The number of urea groups is 1. The Kier molecular flexibility index (Phi) is 4.05. The minimum atomic E-state index is -0.321. The Morgan fingerprint density at radius 2 is 2.13 bits per heavy atom. The van der Waals surface area contributed by atoms with Crippen LogP contribution in [0.2, 0.25) is 0 Å². The lowest BCUT2D eigenvalue weighted by Gasteiger charge is -2.05. The van der Waals surface area contributed by atoms with Gasteiger partial charge >= 0.3 is 6.03 Å². The molecule has 15 heavy (non-hydrogen) atoms. The molecule has 0 spiro atoms. The highest BCUT2D eigenvalue weighted by atomic mass is 16.5. The number of hydrogen-bond acceptors (Lipinski definition) is 2. The van der Waals surface area contributed by atoms with Crippen molar-refractivity contribution in [3.05, 3.63) is 24.3 Å². The first kappa shape index (κ1) is 10.9. The van der Waals surface area contributed by atoms with Crippen LogP contribution in [0.3, 0.4) is 0 Å². The fraction of sp³-hybridized carbons (Fsp3) is 0.182. The topological polar surface area (TPSA) is 50.4 Å². The lowest BCUT2D eigenvalue weighted by Crippen LogP contribution is -2.28. The number of carbonyl (C=O) groups is 1. The number of anilines is 1. The maximum atomic E-state index is 11.2. The van der Waals surface area contributed by atoms with E-state index in [-0.39, 0.29) is 12.6 Å². The highest BCUT2D eigenvalue weighted by molar-refractivity contribution is 5.89. The van der Waals surface area contributed by atoms with E-state index in [1.165, 1.54) is 0 Å². The largest absolute Gasteiger partial charge is 0.497 e. The fourth-order valence-corrected chi connectivity index (χ4v) is 0.981. The summed E-state index contributed by atoms with van der Waals surface area (Å²) in [6.45, 7) is 0.210. The van der Waals surface area contributed by atoms with Crippen molar-refractivity contribution in [3.63, 3.8) is 0 Å². The molecule has 0 radical (unpaired) electrons. The van der Waals surface area contributed by atoms with Gasteiger partial charge in [0.1, 0.15) is 5.75 Å². The number of terminal acetylenes is 1. The molecule has 0 heterocycles. The van der Waals surface area contributed by atoms with Gasteiger partial charge in [0.25, 0.3) is 0 Å². The van der Waals surface area contributed by atoms with Crippen molar-refractivity contribution < 1.29 is 9.53 Å². The quantitative estimate of drug-likeness (QED) is 0.732. The zero-order chi connectivity index (χ0) is 11.1. The van der Waals surface area contributed by atoms with E-state index in [1.54, 1.807) is 31.4 Å². The van der Waals surface area contributed by atoms with Gasteiger partial charge in [-0.25, -0.2) is 4.79 Å². The molecule has 1 rings (SSSR count). The fourth-order valence-electron chi connectivity index (χ4n) is 0.981. The van der Waals surface area contributed by atoms with E-state index in [2.05, 4.69) is 16.6 Å². The molecule has 0 aliphatic carbocycles. The number of nitrogens with one attached hydrogen (secondary N) is 2. The van der Waals surface area contributed by atoms with Gasteiger partial charge in [-0.3, -0.25) is 0 Å². The Morgan fingerprint density at radius 1 is 1.47 bits per heavy atom. The molecule has 0 aromatic heterocycles. The second kappa shape index (κ2) is 5.55. The van der Waals surface area contributed by atoms with E-state index < -0.39 is 0 Å². The number of ether oxygens (including phenoxy) is 1. The third-order valence-electron chi connectivity index (χ3n) is 1.70. The van der Waals surface area contributed by atoms with Crippen molar-refractivity contribution in [2.24, 2.45) is 0 Å². The maximum Gasteiger partial charge on any atom is 0.319 e. The van der Waals surface area contributed by atoms with Crippen LogP contribution in [0.1, 0.15) is 0 Å². The number of rotatable bonds is 3. The second-order valence-corrected chi connectivity index (χ2v) is 2.74. The summed E-state index contributed by atoms with van der Waals surface area (Å²) in [6.07, 6.45) is 5.00. The van der Waals surface area contributed by atoms with Gasteiger partial charge in [-0.15, -0.1) is 6.42 Å². The van der Waals surface area contributed by atoms with Crippen LogP contribution >= 0.6 is 0 Å². The normalized spacial score (nSPS) is 8.80. The van der Waals surface area contributed by atoms with Gasteiger partial charge < -0.3 is 15.4 Å². The second-order valence-electron chi connectivity index (χ2n) is 2.74. The number of methoxy groups -OCH3 is 1. The summed E-state index contributed by atoms with van der Waals surface area (Å²) in [6, 6.07) is 6.69. The summed E-state index contributed by atoms with van der Waals surface area (Å²) in [4.78, 5) is 11.2. The molecule has 0 saturated heterocycles. The molecule has 78 valence electrons. The molecule has 0 aliphatic heterocycles. The summed E-state index contributed by atoms with van der Waals surface area (Å²) < 4.78 is 4.98. The van der Waals surface area contributed by atoms with Crippen molar-refractivity contribution in [2.45, 2.75) is 0 Å². The van der Waals surface area contributed by atoms with Crippen molar-refractivity contribution in [1.82, 2.24) is 5.32 Å². The van der Waals surface area contributed by atoms with Gasteiger partial charge in [-0.1, -0.05) is 5.92 Å². The summed E-state index contributed by atoms with van der Waals surface area (Å²) in [5, 5.41) is 5.12. The third-order valence-corrected chi connectivity index (χ3v) is 1.70. The van der Waals surface area contributed by atoms with Crippen LogP contribution in [0.4, 0.5) is 10.5 Å². The molecular weight excluding hydrogens is 192 g/mol. The van der Waals surface area contributed by atoms with Crippen LogP contribution in [0.5, 0.6) is 5.75 Å². The van der Waals surface area contributed by atoms with Crippen molar-refractivity contribution >= 4 is 11.7 Å². The van der Waals surface area contributed by atoms with Crippen LogP contribution in [0.25, 0.3) is 0 Å². The third kappa shape index (κ3) is 3.61. The van der Waals surface area contributed by atoms with Gasteiger partial charge in [0.2, 0.25) is 0 Å². The zero-order valence-corrected chi connectivity index (χ0v) is 8.41. The van der Waals surface area contributed by atoms with E-state index >= 15 is 0 Å². The van der Waals surface area contributed by atoms with Gasteiger partial charge in [-0.05, 0) is 24.3 Å². The molecule has 0 atom stereocenters. The van der Waals surface area contributed by atoms with Crippen molar-refractivity contribution in [2.75, 3.05) is 19.0 Å². The average molecular weight is 204 g/mol. The zero-order valence-electron chi connectivity index (χ0n) is 8.41. The first-order valence-electron chi connectivity index (χ1n) is 4.38. The minimum Gasteiger partial charge on any atom is -0.497 e. The van der Waals surface area contributed by atoms with Gasteiger partial charge in [0.15, 0.2) is 0 Å². The number of benzene rings is 1. The SMILES string of the molecule is C#CCNC(=O)Nc1ccc(OC)cc1. The standard InChI is InChI=1S/C11H12N2O2/c1-3-8-12-11(14)13-9-4-6-10(15-2)7-5-9/h1,4-7H,8H2,2H3,(H2,12,13,14). The Bertz CT molecular complexity index is 365. The molecule has 2 N–H and O–H groups in total. The summed E-state index contributed by atoms with van der Waals surface area (Å²) in [7, 11) is 1.59. The van der Waals surface area contributed by atoms with Crippen LogP contribution in [0.15, 0.2) is 24.3 Å². The Labute approximate surface area is 88.6 Å². The predicted octanol–water partition coefficient (Wildman–Crippen LogP) is 1.45. The number of carbonyl (C=O) groups excluding carboxylic acids is 1. The Hall–Kier alpha value is -2.15. The molecule has 0 saturated carbocycles. The van der Waals surface area contributed by atoms with Gasteiger partial charge in [0.05, 0.1) is 13.7 Å². The molecule has 0 fully saturated rings. The highest BCUT2D eigenvalue weighted by Crippen LogP contribution is 2.14. The van der Waals surface area contributed by atoms with Crippen molar-refractivity contribution in [3.8, 4) is 18.1 Å². The molecule has 4 nitrogen and oxygen atoms in total. The van der Waals surface area contributed by atoms with E-state index in [0.29, 0.717) is 5.69 Å².